The van der Waals surface area contributed by atoms with Gasteiger partial charge in [0, 0.05) is 30.0 Å². The molecule has 0 aromatic heterocycles. The summed E-state index contributed by atoms with van der Waals surface area (Å²) >= 11 is 0. The molecule has 0 aliphatic carbocycles. The molecule has 1 aliphatic rings. The molecule has 1 heterocycles. The second-order valence-electron chi connectivity index (χ2n) is 9.00. The van der Waals surface area contributed by atoms with Crippen LogP contribution >= 0.6 is 0 Å². The molecule has 1 aromatic rings. The number of carbonyl (C=O) groups excluding carboxylic acids is 1. The SMILES string of the molecule is COC(=O)C(OC(C)(C)C)c1c(N2CCC(C)(C)CC2)ccc(N)c1C. The minimum absolute atomic E-state index is 0.350. The van der Waals surface area contributed by atoms with E-state index in [0.717, 1.165) is 42.7 Å². The lowest BCUT2D eigenvalue weighted by Gasteiger charge is -2.40. The Hall–Kier alpha value is -1.75. The highest BCUT2D eigenvalue weighted by molar-refractivity contribution is 5.82. The Kier molecular flexibility index (Phi) is 5.91. The Morgan fingerprint density at radius 3 is 2.31 bits per heavy atom. The number of hydrogen-bond donors (Lipinski definition) is 1. The molecule has 0 radical (unpaired) electrons. The van der Waals surface area contributed by atoms with Crippen LogP contribution in [0, 0.1) is 12.3 Å². The predicted molar refractivity (Wildman–Crippen MR) is 106 cm³/mol. The molecule has 0 bridgehead atoms. The highest BCUT2D eigenvalue weighted by Crippen LogP contribution is 2.40. The van der Waals surface area contributed by atoms with Crippen molar-refractivity contribution in [2.45, 2.75) is 66.1 Å². The minimum Gasteiger partial charge on any atom is -0.467 e. The Bertz CT molecular complexity index is 652. The number of methoxy groups -OCH3 is 1. The Morgan fingerprint density at radius 1 is 1.23 bits per heavy atom. The van der Waals surface area contributed by atoms with E-state index in [0.29, 0.717) is 11.1 Å². The number of ether oxygens (including phenoxy) is 2. The summed E-state index contributed by atoms with van der Waals surface area (Å²) in [4.78, 5) is 14.9. The summed E-state index contributed by atoms with van der Waals surface area (Å²) in [6, 6.07) is 3.93. The molecule has 1 atom stereocenters. The first-order valence-electron chi connectivity index (χ1n) is 9.35. The molecule has 0 saturated carbocycles. The van der Waals surface area contributed by atoms with Crippen LogP contribution in [0.5, 0.6) is 0 Å². The van der Waals surface area contributed by atoms with Crippen molar-refractivity contribution in [3.05, 3.63) is 23.3 Å². The number of carbonyl (C=O) groups is 1. The van der Waals surface area contributed by atoms with Crippen molar-refractivity contribution in [2.24, 2.45) is 5.41 Å². The molecule has 0 spiro atoms. The smallest absolute Gasteiger partial charge is 0.339 e. The number of hydrogen-bond acceptors (Lipinski definition) is 5. The maximum Gasteiger partial charge on any atom is 0.339 e. The molecule has 5 nitrogen and oxygen atoms in total. The van der Waals surface area contributed by atoms with Crippen molar-refractivity contribution in [2.75, 3.05) is 30.8 Å². The van der Waals surface area contributed by atoms with E-state index in [4.69, 9.17) is 15.2 Å². The molecular weight excluding hydrogens is 328 g/mol. The van der Waals surface area contributed by atoms with E-state index in [9.17, 15) is 4.79 Å². The quantitative estimate of drug-likeness (QED) is 0.641. The summed E-state index contributed by atoms with van der Waals surface area (Å²) in [7, 11) is 1.39. The van der Waals surface area contributed by atoms with Gasteiger partial charge in [0.2, 0.25) is 0 Å². The molecule has 2 rings (SSSR count). The van der Waals surface area contributed by atoms with E-state index in [-0.39, 0.29) is 0 Å². The van der Waals surface area contributed by atoms with Crippen LogP contribution < -0.4 is 10.6 Å². The number of rotatable bonds is 4. The first-order valence-corrected chi connectivity index (χ1v) is 9.35. The van der Waals surface area contributed by atoms with Crippen LogP contribution in [0.4, 0.5) is 11.4 Å². The molecule has 5 heteroatoms. The molecule has 1 fully saturated rings. The van der Waals surface area contributed by atoms with Crippen molar-refractivity contribution in [1.82, 2.24) is 0 Å². The number of nitrogen functional groups attached to an aromatic ring is 1. The van der Waals surface area contributed by atoms with Crippen molar-refractivity contribution in [3.8, 4) is 0 Å². The number of piperidine rings is 1. The largest absolute Gasteiger partial charge is 0.467 e. The fourth-order valence-electron chi connectivity index (χ4n) is 3.38. The summed E-state index contributed by atoms with van der Waals surface area (Å²) in [5.74, 6) is -0.396. The van der Waals surface area contributed by atoms with Crippen LogP contribution in [0.15, 0.2) is 12.1 Å². The maximum absolute atomic E-state index is 12.6. The molecule has 0 amide bonds. The Balaban J connectivity index is 2.50. The Morgan fingerprint density at radius 2 is 1.81 bits per heavy atom. The third-order valence-electron chi connectivity index (χ3n) is 5.14. The summed E-state index contributed by atoms with van der Waals surface area (Å²) in [6.45, 7) is 14.3. The normalized spacial score (nSPS) is 18.5. The number of anilines is 2. The number of benzene rings is 1. The van der Waals surface area contributed by atoms with Crippen LogP contribution in [0.2, 0.25) is 0 Å². The van der Waals surface area contributed by atoms with Gasteiger partial charge in [-0.25, -0.2) is 4.79 Å². The van der Waals surface area contributed by atoms with Gasteiger partial charge in [-0.2, -0.15) is 0 Å². The van der Waals surface area contributed by atoms with E-state index < -0.39 is 17.7 Å². The third-order valence-corrected chi connectivity index (χ3v) is 5.14. The van der Waals surface area contributed by atoms with Crippen LogP contribution in [-0.4, -0.2) is 31.8 Å². The predicted octanol–water partition coefficient (Wildman–Crippen LogP) is 4.23. The van der Waals surface area contributed by atoms with Crippen LogP contribution in [0.25, 0.3) is 0 Å². The summed E-state index contributed by atoms with van der Waals surface area (Å²) < 4.78 is 11.2. The fraction of sp³-hybridized carbons (Fsp3) is 0.667. The van der Waals surface area contributed by atoms with Crippen molar-refractivity contribution >= 4 is 17.3 Å². The molecule has 26 heavy (non-hydrogen) atoms. The molecule has 1 aliphatic heterocycles. The third kappa shape index (κ3) is 4.70. The molecule has 2 N–H and O–H groups in total. The lowest BCUT2D eigenvalue weighted by atomic mass is 9.82. The number of nitrogens with two attached hydrogens (primary N) is 1. The standard InChI is InChI=1S/C21H34N2O3/c1-14-15(22)8-9-16(23-12-10-21(5,6)11-13-23)17(14)18(19(24)25-7)26-20(2,3)4/h8-9,18H,10-13,22H2,1-7H3. The van der Waals surface area contributed by atoms with Gasteiger partial charge in [-0.05, 0) is 63.6 Å². The van der Waals surface area contributed by atoms with Crippen molar-refractivity contribution in [1.29, 1.82) is 0 Å². The maximum atomic E-state index is 12.6. The number of nitrogens with zero attached hydrogens (tertiary/aromatic N) is 1. The zero-order chi connectivity index (χ0) is 19.7. The van der Waals surface area contributed by atoms with Crippen molar-refractivity contribution < 1.29 is 14.3 Å². The van der Waals surface area contributed by atoms with Gasteiger partial charge >= 0.3 is 5.97 Å². The average Bonchev–Trinajstić information content (AvgIpc) is 2.54. The second kappa shape index (κ2) is 7.47. The van der Waals surface area contributed by atoms with E-state index >= 15 is 0 Å². The average molecular weight is 363 g/mol. The monoisotopic (exact) mass is 362 g/mol. The zero-order valence-electron chi connectivity index (χ0n) is 17.3. The van der Waals surface area contributed by atoms with E-state index in [1.165, 1.54) is 7.11 Å². The van der Waals surface area contributed by atoms with Gasteiger partial charge in [0.05, 0.1) is 12.7 Å². The zero-order valence-corrected chi connectivity index (χ0v) is 17.3. The van der Waals surface area contributed by atoms with Gasteiger partial charge in [0.15, 0.2) is 6.10 Å². The summed E-state index contributed by atoms with van der Waals surface area (Å²) in [5, 5.41) is 0. The summed E-state index contributed by atoms with van der Waals surface area (Å²) in [6.07, 6.45) is 1.42. The van der Waals surface area contributed by atoms with Gasteiger partial charge in [0.25, 0.3) is 0 Å². The molecule has 1 saturated heterocycles. The first-order chi connectivity index (χ1) is 11.9. The summed E-state index contributed by atoms with van der Waals surface area (Å²) in [5.41, 5.74) is 9.43. The molecule has 1 aromatic carbocycles. The second-order valence-corrected chi connectivity index (χ2v) is 9.00. The topological polar surface area (TPSA) is 64.8 Å². The highest BCUT2D eigenvalue weighted by Gasteiger charge is 2.34. The molecular formula is C21H34N2O3. The fourth-order valence-corrected chi connectivity index (χ4v) is 3.38. The van der Waals surface area contributed by atoms with E-state index in [1.54, 1.807) is 0 Å². The Labute approximate surface area is 157 Å². The lowest BCUT2D eigenvalue weighted by Crippen LogP contribution is -2.39. The van der Waals surface area contributed by atoms with E-state index in [2.05, 4.69) is 18.7 Å². The lowest BCUT2D eigenvalue weighted by molar-refractivity contribution is -0.164. The van der Waals surface area contributed by atoms with Gasteiger partial charge in [-0.1, -0.05) is 13.8 Å². The highest BCUT2D eigenvalue weighted by atomic mass is 16.6. The first kappa shape index (κ1) is 20.6. The van der Waals surface area contributed by atoms with Gasteiger partial charge < -0.3 is 20.1 Å². The van der Waals surface area contributed by atoms with Crippen molar-refractivity contribution in [3.63, 3.8) is 0 Å². The van der Waals surface area contributed by atoms with E-state index in [1.807, 2.05) is 39.8 Å². The molecule has 1 unspecified atom stereocenters. The number of esters is 1. The van der Waals surface area contributed by atoms with Crippen LogP contribution in [-0.2, 0) is 14.3 Å². The van der Waals surface area contributed by atoms with Crippen LogP contribution in [0.1, 0.15) is 64.7 Å². The van der Waals surface area contributed by atoms with Gasteiger partial charge in [-0.15, -0.1) is 0 Å². The van der Waals surface area contributed by atoms with Crippen LogP contribution in [0.3, 0.4) is 0 Å². The molecule has 146 valence electrons. The van der Waals surface area contributed by atoms with Gasteiger partial charge in [-0.3, -0.25) is 0 Å². The van der Waals surface area contributed by atoms with Gasteiger partial charge in [0.1, 0.15) is 0 Å². The minimum atomic E-state index is -0.798.